The number of hydrogen-bond donors (Lipinski definition) is 2. The smallest absolute Gasteiger partial charge is 0.239 e. The highest BCUT2D eigenvalue weighted by Crippen LogP contribution is 2.28. The maximum atomic E-state index is 12.6. The number of rotatable bonds is 5. The Labute approximate surface area is 161 Å². The van der Waals surface area contributed by atoms with Crippen molar-refractivity contribution in [2.24, 2.45) is 5.41 Å². The summed E-state index contributed by atoms with van der Waals surface area (Å²) in [6, 6.07) is 11.2. The van der Waals surface area contributed by atoms with Crippen LogP contribution in [0.1, 0.15) is 31.1 Å². The van der Waals surface area contributed by atoms with E-state index in [4.69, 9.17) is 23.2 Å². The van der Waals surface area contributed by atoms with Crippen LogP contribution in [0.2, 0.25) is 10.0 Å². The van der Waals surface area contributed by atoms with Gasteiger partial charge in [0.2, 0.25) is 11.8 Å². The van der Waals surface area contributed by atoms with E-state index in [1.165, 1.54) is 26.8 Å². The van der Waals surface area contributed by atoms with Crippen molar-refractivity contribution in [2.45, 2.75) is 20.8 Å². The lowest BCUT2D eigenvalue weighted by Gasteiger charge is -2.23. The Bertz CT molecular complexity index is 879. The Kier molecular flexibility index (Phi) is 6.05. The van der Waals surface area contributed by atoms with Gasteiger partial charge < -0.3 is 10.6 Å². The fourth-order valence-corrected chi connectivity index (χ4v) is 2.42. The molecule has 0 fully saturated rings. The molecule has 2 N–H and O–H groups in total. The van der Waals surface area contributed by atoms with Crippen LogP contribution in [0.3, 0.4) is 0 Å². The Balaban J connectivity index is 2.16. The van der Waals surface area contributed by atoms with Crippen LogP contribution in [0.4, 0.5) is 11.4 Å². The molecule has 2 aromatic carbocycles. The maximum Gasteiger partial charge on any atom is 0.239 e. The zero-order valence-corrected chi connectivity index (χ0v) is 16.0. The molecular formula is C19H18Cl2N2O3. The highest BCUT2D eigenvalue weighted by atomic mass is 35.5. The second-order valence-corrected chi connectivity index (χ2v) is 7.14. The molecule has 0 saturated heterocycles. The first kappa shape index (κ1) is 19.9. The van der Waals surface area contributed by atoms with Gasteiger partial charge in [-0.15, -0.1) is 0 Å². The van der Waals surface area contributed by atoms with Gasteiger partial charge in [0.15, 0.2) is 5.78 Å². The maximum absolute atomic E-state index is 12.6. The Hall–Kier alpha value is -2.37. The summed E-state index contributed by atoms with van der Waals surface area (Å²) in [5.41, 5.74) is -0.165. The lowest BCUT2D eigenvalue weighted by Crippen LogP contribution is -2.41. The molecule has 0 aliphatic carbocycles. The summed E-state index contributed by atoms with van der Waals surface area (Å²) in [6.45, 7) is 4.42. The number of Topliss-reactive ketones (excluding diaryl/α,β-unsaturated/α-hetero) is 1. The monoisotopic (exact) mass is 392 g/mol. The standard InChI is InChI=1S/C19H18Cl2N2O3/c1-11(24)12-5-4-6-14(9-12)22-17(25)19(2,3)18(26)23-16-10-13(20)7-8-15(16)21/h4-10H,1-3H3,(H,22,25)(H,23,26). The molecule has 2 aromatic rings. The number of amides is 2. The third kappa shape index (κ3) is 4.62. The minimum atomic E-state index is -1.39. The molecule has 0 atom stereocenters. The lowest BCUT2D eigenvalue weighted by molar-refractivity contribution is -0.135. The molecule has 5 nitrogen and oxygen atoms in total. The molecule has 0 radical (unpaired) electrons. The summed E-state index contributed by atoms with van der Waals surface area (Å²) >= 11 is 11.9. The molecule has 2 rings (SSSR count). The predicted octanol–water partition coefficient (Wildman–Crippen LogP) is 4.80. The fraction of sp³-hybridized carbons (Fsp3) is 0.211. The number of carbonyl (C=O) groups is 3. The topological polar surface area (TPSA) is 75.3 Å². The van der Waals surface area contributed by atoms with Gasteiger partial charge in [0.1, 0.15) is 5.41 Å². The quantitative estimate of drug-likeness (QED) is 0.566. The van der Waals surface area contributed by atoms with Crippen molar-refractivity contribution in [2.75, 3.05) is 10.6 Å². The van der Waals surface area contributed by atoms with E-state index in [2.05, 4.69) is 10.6 Å². The molecule has 7 heteroatoms. The van der Waals surface area contributed by atoms with Crippen LogP contribution in [0.25, 0.3) is 0 Å². The Morgan fingerprint density at radius 3 is 2.23 bits per heavy atom. The average Bonchev–Trinajstić information content (AvgIpc) is 2.58. The summed E-state index contributed by atoms with van der Waals surface area (Å²) in [4.78, 5) is 36.6. The zero-order valence-electron chi connectivity index (χ0n) is 14.5. The molecule has 26 heavy (non-hydrogen) atoms. The Morgan fingerprint density at radius 1 is 0.923 bits per heavy atom. The molecule has 0 saturated carbocycles. The number of halogens is 2. The first-order valence-electron chi connectivity index (χ1n) is 7.80. The van der Waals surface area contributed by atoms with Crippen LogP contribution in [-0.2, 0) is 9.59 Å². The normalized spacial score (nSPS) is 11.0. The van der Waals surface area contributed by atoms with Gasteiger partial charge in [0.05, 0.1) is 10.7 Å². The van der Waals surface area contributed by atoms with E-state index in [-0.39, 0.29) is 5.78 Å². The van der Waals surface area contributed by atoms with Gasteiger partial charge in [-0.05, 0) is 51.1 Å². The number of hydrogen-bond acceptors (Lipinski definition) is 3. The van der Waals surface area contributed by atoms with Crippen LogP contribution in [0.5, 0.6) is 0 Å². The fourth-order valence-electron chi connectivity index (χ4n) is 2.08. The summed E-state index contributed by atoms with van der Waals surface area (Å²) in [5, 5.41) is 6.00. The second-order valence-electron chi connectivity index (χ2n) is 6.29. The van der Waals surface area contributed by atoms with Crippen molar-refractivity contribution in [3.63, 3.8) is 0 Å². The summed E-state index contributed by atoms with van der Waals surface area (Å²) in [6.07, 6.45) is 0. The van der Waals surface area contributed by atoms with Gasteiger partial charge in [0.25, 0.3) is 0 Å². The molecule has 0 spiro atoms. The summed E-state index contributed by atoms with van der Waals surface area (Å²) in [7, 11) is 0. The van der Waals surface area contributed by atoms with Crippen LogP contribution in [0.15, 0.2) is 42.5 Å². The van der Waals surface area contributed by atoms with Gasteiger partial charge in [-0.1, -0.05) is 35.3 Å². The van der Waals surface area contributed by atoms with Crippen molar-refractivity contribution in [1.29, 1.82) is 0 Å². The van der Waals surface area contributed by atoms with Gasteiger partial charge >= 0.3 is 0 Å². The second kappa shape index (κ2) is 7.89. The number of carbonyl (C=O) groups excluding carboxylic acids is 3. The van der Waals surface area contributed by atoms with E-state index in [1.807, 2.05) is 0 Å². The molecule has 0 aliphatic heterocycles. The third-order valence-corrected chi connectivity index (χ3v) is 4.40. The SMILES string of the molecule is CC(=O)c1cccc(NC(=O)C(C)(C)C(=O)Nc2cc(Cl)ccc2Cl)c1. The zero-order chi connectivity index (χ0) is 19.5. The van der Waals surface area contributed by atoms with E-state index >= 15 is 0 Å². The lowest BCUT2D eigenvalue weighted by atomic mass is 9.90. The van der Waals surface area contributed by atoms with E-state index in [0.29, 0.717) is 27.0 Å². The van der Waals surface area contributed by atoms with E-state index < -0.39 is 17.2 Å². The summed E-state index contributed by atoms with van der Waals surface area (Å²) in [5.74, 6) is -1.18. The van der Waals surface area contributed by atoms with Gasteiger partial charge in [-0.2, -0.15) is 0 Å². The molecule has 0 heterocycles. The number of ketones is 1. The predicted molar refractivity (Wildman–Crippen MR) is 104 cm³/mol. The van der Waals surface area contributed by atoms with Crippen LogP contribution in [0, 0.1) is 5.41 Å². The first-order valence-corrected chi connectivity index (χ1v) is 8.56. The molecule has 0 aromatic heterocycles. The van der Waals surface area contributed by atoms with Crippen molar-refractivity contribution >= 4 is 52.2 Å². The minimum absolute atomic E-state index is 0.117. The van der Waals surface area contributed by atoms with Crippen molar-refractivity contribution in [3.05, 3.63) is 58.1 Å². The van der Waals surface area contributed by atoms with Crippen LogP contribution < -0.4 is 10.6 Å². The highest BCUT2D eigenvalue weighted by molar-refractivity contribution is 6.36. The van der Waals surface area contributed by atoms with Crippen molar-refractivity contribution < 1.29 is 14.4 Å². The van der Waals surface area contributed by atoms with Crippen molar-refractivity contribution in [1.82, 2.24) is 0 Å². The molecule has 0 unspecified atom stereocenters. The van der Waals surface area contributed by atoms with Crippen LogP contribution in [-0.4, -0.2) is 17.6 Å². The van der Waals surface area contributed by atoms with E-state index in [1.54, 1.807) is 36.4 Å². The molecular weight excluding hydrogens is 375 g/mol. The number of nitrogens with one attached hydrogen (secondary N) is 2. The molecule has 0 bridgehead atoms. The van der Waals surface area contributed by atoms with E-state index in [0.717, 1.165) is 0 Å². The largest absolute Gasteiger partial charge is 0.325 e. The minimum Gasteiger partial charge on any atom is -0.325 e. The third-order valence-electron chi connectivity index (χ3n) is 3.84. The molecule has 136 valence electrons. The molecule has 2 amide bonds. The number of benzene rings is 2. The molecule has 0 aliphatic rings. The summed E-state index contributed by atoms with van der Waals surface area (Å²) < 4.78 is 0. The van der Waals surface area contributed by atoms with E-state index in [9.17, 15) is 14.4 Å². The van der Waals surface area contributed by atoms with Crippen molar-refractivity contribution in [3.8, 4) is 0 Å². The average molecular weight is 393 g/mol. The van der Waals surface area contributed by atoms with Crippen LogP contribution >= 0.6 is 23.2 Å². The first-order chi connectivity index (χ1) is 12.1. The van der Waals surface area contributed by atoms with Gasteiger partial charge in [-0.25, -0.2) is 0 Å². The highest BCUT2D eigenvalue weighted by Gasteiger charge is 2.36. The van der Waals surface area contributed by atoms with Gasteiger partial charge in [0, 0.05) is 16.3 Å². The number of anilines is 2. The Morgan fingerprint density at radius 2 is 1.58 bits per heavy atom. The van der Waals surface area contributed by atoms with Gasteiger partial charge in [-0.3, -0.25) is 14.4 Å².